The zero-order valence-corrected chi connectivity index (χ0v) is 19.8. The summed E-state index contributed by atoms with van der Waals surface area (Å²) in [5, 5.41) is 4.34. The van der Waals surface area contributed by atoms with Crippen LogP contribution in [0.25, 0.3) is 11.3 Å². The van der Waals surface area contributed by atoms with Crippen LogP contribution in [0.2, 0.25) is 0 Å². The summed E-state index contributed by atoms with van der Waals surface area (Å²) in [7, 11) is 1.60. The van der Waals surface area contributed by atoms with Gasteiger partial charge in [0.15, 0.2) is 0 Å². The van der Waals surface area contributed by atoms with Crippen LogP contribution in [-0.2, 0) is 11.3 Å². The van der Waals surface area contributed by atoms with Gasteiger partial charge >= 0.3 is 0 Å². The lowest BCUT2D eigenvalue weighted by molar-refractivity contribution is 0.0722. The number of carbonyl (C=O) groups excluding carboxylic acids is 1. The SMILES string of the molecule is COc1ccc(C(=O)N(Cc2c(-c3ccc(F)cc3)noc2N2CCOCC2)CC(C)C)cc1. The number of hydrogen-bond acceptors (Lipinski definition) is 6. The van der Waals surface area contributed by atoms with Gasteiger partial charge in [-0.2, -0.15) is 0 Å². The van der Waals surface area contributed by atoms with E-state index in [4.69, 9.17) is 14.0 Å². The normalized spacial score (nSPS) is 13.9. The molecule has 1 aromatic heterocycles. The summed E-state index contributed by atoms with van der Waals surface area (Å²) in [5.74, 6) is 1.16. The molecular weight excluding hydrogens is 437 g/mol. The Labute approximate surface area is 199 Å². The van der Waals surface area contributed by atoms with Crippen LogP contribution in [0, 0.1) is 11.7 Å². The number of ether oxygens (including phenoxy) is 2. The zero-order valence-electron chi connectivity index (χ0n) is 19.8. The molecule has 7 nitrogen and oxygen atoms in total. The zero-order chi connectivity index (χ0) is 24.1. The third kappa shape index (κ3) is 5.39. The van der Waals surface area contributed by atoms with Crippen molar-refractivity contribution in [2.24, 2.45) is 5.92 Å². The first-order valence-corrected chi connectivity index (χ1v) is 11.5. The van der Waals surface area contributed by atoms with Crippen molar-refractivity contribution < 1.29 is 23.2 Å². The molecule has 0 saturated carbocycles. The highest BCUT2D eigenvalue weighted by Gasteiger charge is 2.28. The van der Waals surface area contributed by atoms with E-state index in [0.717, 1.165) is 11.1 Å². The summed E-state index contributed by atoms with van der Waals surface area (Å²) in [5.41, 5.74) is 2.73. The number of aromatic nitrogens is 1. The Morgan fingerprint density at radius 1 is 1.12 bits per heavy atom. The molecule has 34 heavy (non-hydrogen) atoms. The second kappa shape index (κ2) is 10.7. The monoisotopic (exact) mass is 467 g/mol. The average molecular weight is 468 g/mol. The van der Waals surface area contributed by atoms with E-state index in [9.17, 15) is 9.18 Å². The molecule has 3 aromatic rings. The number of benzene rings is 2. The lowest BCUT2D eigenvalue weighted by Crippen LogP contribution is -2.38. The number of rotatable bonds is 8. The molecule has 0 N–H and O–H groups in total. The predicted octanol–water partition coefficient (Wildman–Crippen LogP) is 4.62. The molecule has 0 radical (unpaired) electrons. The van der Waals surface area contributed by atoms with Crippen LogP contribution in [0.4, 0.5) is 10.3 Å². The van der Waals surface area contributed by atoms with Crippen LogP contribution in [0.1, 0.15) is 29.8 Å². The second-order valence-corrected chi connectivity index (χ2v) is 8.73. The third-order valence-electron chi connectivity index (χ3n) is 5.74. The van der Waals surface area contributed by atoms with E-state index in [1.807, 2.05) is 4.90 Å². The molecular formula is C26H30FN3O4. The summed E-state index contributed by atoms with van der Waals surface area (Å²) in [6, 6.07) is 13.3. The standard InChI is InChI=1S/C26H30FN3O4/c1-18(2)16-30(25(31)20-6-10-22(32-3)11-7-20)17-23-24(19-4-8-21(27)9-5-19)28-34-26(23)29-12-14-33-15-13-29/h4-11,18H,12-17H2,1-3H3. The summed E-state index contributed by atoms with van der Waals surface area (Å²) >= 11 is 0. The highest BCUT2D eigenvalue weighted by Crippen LogP contribution is 2.33. The number of anilines is 1. The first-order chi connectivity index (χ1) is 16.5. The van der Waals surface area contributed by atoms with Gasteiger partial charge in [0.2, 0.25) is 5.88 Å². The van der Waals surface area contributed by atoms with Crippen molar-refractivity contribution in [2.75, 3.05) is 44.9 Å². The number of hydrogen-bond donors (Lipinski definition) is 0. The number of amides is 1. The van der Waals surface area contributed by atoms with Crippen LogP contribution in [0.3, 0.4) is 0 Å². The van der Waals surface area contributed by atoms with Crippen molar-refractivity contribution in [3.63, 3.8) is 0 Å². The van der Waals surface area contributed by atoms with Crippen molar-refractivity contribution >= 4 is 11.8 Å². The van der Waals surface area contributed by atoms with Gasteiger partial charge in [0.25, 0.3) is 5.91 Å². The van der Waals surface area contributed by atoms with E-state index >= 15 is 0 Å². The van der Waals surface area contributed by atoms with Gasteiger partial charge in [0, 0.05) is 30.8 Å². The van der Waals surface area contributed by atoms with Crippen molar-refractivity contribution in [1.82, 2.24) is 10.1 Å². The maximum absolute atomic E-state index is 13.6. The first-order valence-electron chi connectivity index (χ1n) is 11.5. The van der Waals surface area contributed by atoms with Crippen molar-refractivity contribution in [3.8, 4) is 17.0 Å². The Morgan fingerprint density at radius 2 is 1.79 bits per heavy atom. The Morgan fingerprint density at radius 3 is 2.41 bits per heavy atom. The minimum Gasteiger partial charge on any atom is -0.497 e. The maximum Gasteiger partial charge on any atom is 0.254 e. The molecule has 2 heterocycles. The van der Waals surface area contributed by atoms with Gasteiger partial charge in [0.1, 0.15) is 17.3 Å². The fraction of sp³-hybridized carbons (Fsp3) is 0.385. The van der Waals surface area contributed by atoms with Crippen LogP contribution in [0.15, 0.2) is 53.1 Å². The number of morpholine rings is 1. The van der Waals surface area contributed by atoms with Gasteiger partial charge < -0.3 is 23.8 Å². The Kier molecular flexibility index (Phi) is 7.47. The Bertz CT molecular complexity index is 1090. The number of methoxy groups -OCH3 is 1. The van der Waals surface area contributed by atoms with Gasteiger partial charge in [0.05, 0.1) is 32.4 Å². The van der Waals surface area contributed by atoms with E-state index < -0.39 is 0 Å². The highest BCUT2D eigenvalue weighted by molar-refractivity contribution is 5.94. The van der Waals surface area contributed by atoms with Gasteiger partial charge in [-0.1, -0.05) is 19.0 Å². The molecule has 0 spiro atoms. The Hall–Kier alpha value is -3.39. The van der Waals surface area contributed by atoms with Crippen LogP contribution in [0.5, 0.6) is 5.75 Å². The predicted molar refractivity (Wildman–Crippen MR) is 128 cm³/mol. The minimum atomic E-state index is -0.321. The molecule has 0 aliphatic carbocycles. The summed E-state index contributed by atoms with van der Waals surface area (Å²) < 4.78 is 30.1. The summed E-state index contributed by atoms with van der Waals surface area (Å²) in [4.78, 5) is 17.4. The van der Waals surface area contributed by atoms with Crippen LogP contribution < -0.4 is 9.64 Å². The molecule has 4 rings (SSSR count). The summed E-state index contributed by atoms with van der Waals surface area (Å²) in [6.45, 7) is 7.53. The van der Waals surface area contributed by atoms with Gasteiger partial charge in [-0.25, -0.2) is 4.39 Å². The molecule has 1 amide bonds. The molecule has 1 aliphatic rings. The molecule has 1 saturated heterocycles. The first kappa shape index (κ1) is 23.8. The second-order valence-electron chi connectivity index (χ2n) is 8.73. The lowest BCUT2D eigenvalue weighted by Gasteiger charge is -2.29. The van der Waals surface area contributed by atoms with Crippen LogP contribution >= 0.6 is 0 Å². The van der Waals surface area contributed by atoms with Crippen molar-refractivity contribution in [3.05, 3.63) is 65.5 Å². The van der Waals surface area contributed by atoms with Crippen molar-refractivity contribution in [1.29, 1.82) is 0 Å². The average Bonchev–Trinajstić information content (AvgIpc) is 3.27. The molecule has 0 unspecified atom stereocenters. The van der Waals surface area contributed by atoms with Gasteiger partial charge in [-0.15, -0.1) is 0 Å². The summed E-state index contributed by atoms with van der Waals surface area (Å²) in [6.07, 6.45) is 0. The number of nitrogens with zero attached hydrogens (tertiary/aromatic N) is 3. The van der Waals surface area contributed by atoms with E-state index in [-0.39, 0.29) is 17.6 Å². The molecule has 0 bridgehead atoms. The van der Waals surface area contributed by atoms with Crippen molar-refractivity contribution in [2.45, 2.75) is 20.4 Å². The van der Waals surface area contributed by atoms with E-state index in [1.54, 1.807) is 43.5 Å². The number of carbonyl (C=O) groups is 1. The van der Waals surface area contributed by atoms with Gasteiger partial charge in [-0.05, 0) is 54.4 Å². The smallest absolute Gasteiger partial charge is 0.254 e. The number of halogens is 1. The molecule has 2 aromatic carbocycles. The largest absolute Gasteiger partial charge is 0.497 e. The highest BCUT2D eigenvalue weighted by atomic mass is 19.1. The molecule has 8 heteroatoms. The van der Waals surface area contributed by atoms with E-state index in [2.05, 4.69) is 23.9 Å². The van der Waals surface area contributed by atoms with E-state index in [0.29, 0.717) is 62.3 Å². The van der Waals surface area contributed by atoms with Gasteiger partial charge in [-0.3, -0.25) is 4.79 Å². The molecule has 0 atom stereocenters. The Balaban J connectivity index is 1.71. The fourth-order valence-electron chi connectivity index (χ4n) is 4.06. The molecule has 180 valence electrons. The fourth-order valence-corrected chi connectivity index (χ4v) is 4.06. The lowest BCUT2D eigenvalue weighted by atomic mass is 10.0. The van der Waals surface area contributed by atoms with Crippen LogP contribution in [-0.4, -0.2) is 55.9 Å². The third-order valence-corrected chi connectivity index (χ3v) is 5.74. The maximum atomic E-state index is 13.6. The molecule has 1 fully saturated rings. The topological polar surface area (TPSA) is 68.0 Å². The molecule has 1 aliphatic heterocycles. The minimum absolute atomic E-state index is 0.0875. The quantitative estimate of drug-likeness (QED) is 0.481. The van der Waals surface area contributed by atoms with E-state index in [1.165, 1.54) is 12.1 Å².